The lowest BCUT2D eigenvalue weighted by Gasteiger charge is -2.15. The second-order valence-electron chi connectivity index (χ2n) is 8.92. The normalized spacial score (nSPS) is 16.4. The first-order chi connectivity index (χ1) is 16.5. The van der Waals surface area contributed by atoms with Gasteiger partial charge in [-0.1, -0.05) is 30.3 Å². The first-order valence-corrected chi connectivity index (χ1v) is 11.9. The molecule has 2 heterocycles. The molecule has 2 atom stereocenters. The summed E-state index contributed by atoms with van der Waals surface area (Å²) in [4.78, 5) is 16.0. The number of para-hydroxylation sites is 1. The van der Waals surface area contributed by atoms with Gasteiger partial charge in [0.2, 0.25) is 0 Å². The van der Waals surface area contributed by atoms with E-state index in [4.69, 9.17) is 20.2 Å². The third-order valence-corrected chi connectivity index (χ3v) is 6.07. The molecule has 0 spiro atoms. The fourth-order valence-corrected chi connectivity index (χ4v) is 4.32. The van der Waals surface area contributed by atoms with Crippen molar-refractivity contribution in [1.82, 2.24) is 4.98 Å². The van der Waals surface area contributed by atoms with Gasteiger partial charge < -0.3 is 20.3 Å². The number of carbonyl (C=O) groups is 1. The zero-order chi connectivity index (χ0) is 23.9. The number of aromatic nitrogens is 1. The molecule has 2 aromatic carbocycles. The number of aryl methyl sites for hydroxylation is 1. The molecule has 0 aliphatic carbocycles. The van der Waals surface area contributed by atoms with E-state index >= 15 is 0 Å². The Bertz CT molecular complexity index is 1120. The van der Waals surface area contributed by atoms with E-state index in [2.05, 4.69) is 18.2 Å². The van der Waals surface area contributed by atoms with Crippen molar-refractivity contribution in [2.24, 2.45) is 5.73 Å². The summed E-state index contributed by atoms with van der Waals surface area (Å²) in [7, 11) is 0. The van der Waals surface area contributed by atoms with E-state index in [0.717, 1.165) is 54.8 Å². The maximum absolute atomic E-state index is 11.2. The van der Waals surface area contributed by atoms with Crippen LogP contribution in [0.2, 0.25) is 0 Å². The molecule has 3 N–H and O–H groups in total. The third kappa shape index (κ3) is 6.43. The quantitative estimate of drug-likeness (QED) is 0.438. The molecule has 0 saturated carbocycles. The minimum Gasteiger partial charge on any atom is -0.489 e. The highest BCUT2D eigenvalue weighted by Gasteiger charge is 2.16. The van der Waals surface area contributed by atoms with E-state index in [1.807, 2.05) is 43.3 Å². The summed E-state index contributed by atoms with van der Waals surface area (Å²) in [5, 5.41) is 9.20. The summed E-state index contributed by atoms with van der Waals surface area (Å²) < 4.78 is 11.9. The van der Waals surface area contributed by atoms with E-state index in [1.54, 1.807) is 6.07 Å². The number of rotatable bonds is 10. The van der Waals surface area contributed by atoms with Crippen LogP contribution in [-0.4, -0.2) is 28.8 Å². The second kappa shape index (κ2) is 11.3. The fourth-order valence-electron chi connectivity index (χ4n) is 4.32. The zero-order valence-corrected chi connectivity index (χ0v) is 19.6. The number of nitrogens with zero attached hydrogens (tertiary/aromatic N) is 1. The number of nitrogens with two attached hydrogens (primary N) is 1. The topological polar surface area (TPSA) is 94.7 Å². The number of aliphatic carboxylic acids is 1. The van der Waals surface area contributed by atoms with Gasteiger partial charge in [-0.3, -0.25) is 9.78 Å². The minimum atomic E-state index is -0.880. The summed E-state index contributed by atoms with van der Waals surface area (Å²) >= 11 is 0. The van der Waals surface area contributed by atoms with E-state index in [1.165, 1.54) is 5.56 Å². The molecule has 0 radical (unpaired) electrons. The maximum Gasteiger partial charge on any atom is 0.307 e. The number of hydrogen-bond donors (Lipinski definition) is 2. The first-order valence-electron chi connectivity index (χ1n) is 11.9. The predicted octanol–water partition coefficient (Wildman–Crippen LogP) is 5.09. The molecular formula is C28H32N2O4. The third-order valence-electron chi connectivity index (χ3n) is 6.07. The van der Waals surface area contributed by atoms with Crippen LogP contribution in [0.4, 0.5) is 0 Å². The number of carboxylic acid groups (broad SMARTS) is 1. The van der Waals surface area contributed by atoms with Gasteiger partial charge in [0.15, 0.2) is 0 Å². The van der Waals surface area contributed by atoms with Crippen LogP contribution in [0, 0.1) is 0 Å². The largest absolute Gasteiger partial charge is 0.489 e. The standard InChI is InChI=1S/C28H32N2O4/c1-19(29)25-8-4-9-26(30-25)23-15-20(11-12-24-7-5-13-33-24)14-21(16-23)18-34-27-10-3-2-6-22(27)17-28(31)32/h2-4,6,8-10,14-16,19,24H,5,7,11-13,17-18,29H2,1H3,(H,31,32)/t19-,24-/m1/s1. The van der Waals surface area contributed by atoms with Gasteiger partial charge >= 0.3 is 5.97 Å². The molecule has 6 nitrogen and oxygen atoms in total. The predicted molar refractivity (Wildman–Crippen MR) is 132 cm³/mol. The van der Waals surface area contributed by atoms with Gasteiger partial charge in [0.25, 0.3) is 0 Å². The Morgan fingerprint density at radius 1 is 1.18 bits per heavy atom. The van der Waals surface area contributed by atoms with Crippen LogP contribution in [0.3, 0.4) is 0 Å². The van der Waals surface area contributed by atoms with Crippen molar-refractivity contribution in [2.75, 3.05) is 6.61 Å². The van der Waals surface area contributed by atoms with Crippen LogP contribution in [0.5, 0.6) is 5.75 Å². The van der Waals surface area contributed by atoms with Crippen molar-refractivity contribution in [2.45, 2.75) is 57.8 Å². The lowest BCUT2D eigenvalue weighted by atomic mass is 9.98. The average Bonchev–Trinajstić information content (AvgIpc) is 3.36. The highest BCUT2D eigenvalue weighted by molar-refractivity contribution is 5.71. The molecule has 1 aliphatic rings. The summed E-state index contributed by atoms with van der Waals surface area (Å²) in [6.45, 7) is 3.12. The molecule has 0 unspecified atom stereocenters. The van der Waals surface area contributed by atoms with Crippen molar-refractivity contribution in [3.05, 3.63) is 83.0 Å². The Morgan fingerprint density at radius 3 is 2.76 bits per heavy atom. The molecule has 0 amide bonds. The molecule has 34 heavy (non-hydrogen) atoms. The maximum atomic E-state index is 11.2. The van der Waals surface area contributed by atoms with Crippen molar-refractivity contribution in [3.8, 4) is 17.0 Å². The van der Waals surface area contributed by atoms with Crippen LogP contribution in [0.1, 0.15) is 54.6 Å². The molecule has 4 rings (SSSR count). The van der Waals surface area contributed by atoms with E-state index in [9.17, 15) is 9.90 Å². The second-order valence-corrected chi connectivity index (χ2v) is 8.92. The van der Waals surface area contributed by atoms with Gasteiger partial charge in [-0.25, -0.2) is 0 Å². The number of ether oxygens (including phenoxy) is 2. The lowest BCUT2D eigenvalue weighted by molar-refractivity contribution is -0.136. The fraction of sp³-hybridized carbons (Fsp3) is 0.357. The molecular weight excluding hydrogens is 428 g/mol. The molecule has 1 aliphatic heterocycles. The van der Waals surface area contributed by atoms with Crippen LogP contribution < -0.4 is 10.5 Å². The molecule has 178 valence electrons. The van der Waals surface area contributed by atoms with E-state index < -0.39 is 5.97 Å². The Labute approximate surface area is 200 Å². The van der Waals surface area contributed by atoms with Crippen LogP contribution in [-0.2, 0) is 29.0 Å². The molecule has 1 aromatic heterocycles. The number of hydrogen-bond acceptors (Lipinski definition) is 5. The average molecular weight is 461 g/mol. The molecule has 1 saturated heterocycles. The summed E-state index contributed by atoms with van der Waals surface area (Å²) in [5.41, 5.74) is 11.7. The van der Waals surface area contributed by atoms with Crippen molar-refractivity contribution in [3.63, 3.8) is 0 Å². The molecule has 6 heteroatoms. The number of pyridine rings is 1. The van der Waals surface area contributed by atoms with Crippen LogP contribution >= 0.6 is 0 Å². The molecule has 3 aromatic rings. The van der Waals surface area contributed by atoms with Gasteiger partial charge in [-0.2, -0.15) is 0 Å². The minimum absolute atomic E-state index is 0.0726. The number of benzene rings is 2. The Hall–Kier alpha value is -3.22. The van der Waals surface area contributed by atoms with Crippen molar-refractivity contribution < 1.29 is 19.4 Å². The summed E-state index contributed by atoms with van der Waals surface area (Å²) in [5.74, 6) is -0.289. The highest BCUT2D eigenvalue weighted by Crippen LogP contribution is 2.26. The lowest BCUT2D eigenvalue weighted by Crippen LogP contribution is -2.08. The van der Waals surface area contributed by atoms with Crippen LogP contribution in [0.15, 0.2) is 60.7 Å². The van der Waals surface area contributed by atoms with Crippen molar-refractivity contribution >= 4 is 5.97 Å². The van der Waals surface area contributed by atoms with E-state index in [-0.39, 0.29) is 12.5 Å². The Balaban J connectivity index is 1.59. The Kier molecular flexibility index (Phi) is 7.93. The van der Waals surface area contributed by atoms with Gasteiger partial charge in [-0.05, 0) is 74.1 Å². The zero-order valence-electron chi connectivity index (χ0n) is 19.6. The van der Waals surface area contributed by atoms with Gasteiger partial charge in [0.05, 0.1) is 23.9 Å². The highest BCUT2D eigenvalue weighted by atomic mass is 16.5. The van der Waals surface area contributed by atoms with Gasteiger partial charge in [0.1, 0.15) is 12.4 Å². The Morgan fingerprint density at radius 2 is 2.00 bits per heavy atom. The molecule has 1 fully saturated rings. The van der Waals surface area contributed by atoms with Gasteiger partial charge in [0, 0.05) is 23.8 Å². The van der Waals surface area contributed by atoms with Crippen LogP contribution in [0.25, 0.3) is 11.3 Å². The monoisotopic (exact) mass is 460 g/mol. The molecule has 0 bridgehead atoms. The van der Waals surface area contributed by atoms with E-state index in [0.29, 0.717) is 24.0 Å². The number of carboxylic acids is 1. The SMILES string of the molecule is C[C@@H](N)c1cccc(-c2cc(CC[C@H]3CCCO3)cc(COc3ccccc3CC(=O)O)c2)n1. The first kappa shape index (κ1) is 23.9. The van der Waals surface area contributed by atoms with Crippen molar-refractivity contribution in [1.29, 1.82) is 0 Å². The van der Waals surface area contributed by atoms with Gasteiger partial charge in [-0.15, -0.1) is 0 Å². The summed E-state index contributed by atoms with van der Waals surface area (Å²) in [6, 6.07) is 19.5. The smallest absolute Gasteiger partial charge is 0.307 e. The summed E-state index contributed by atoms with van der Waals surface area (Å²) in [6.07, 6.45) is 4.40.